The van der Waals surface area contributed by atoms with E-state index in [2.05, 4.69) is 0 Å². The van der Waals surface area contributed by atoms with Gasteiger partial charge < -0.3 is 9.84 Å². The van der Waals surface area contributed by atoms with Crippen LogP contribution in [0.5, 0.6) is 5.75 Å². The summed E-state index contributed by atoms with van der Waals surface area (Å²) in [5.74, 6) is -2.22. The highest BCUT2D eigenvalue weighted by Crippen LogP contribution is 2.64. The van der Waals surface area contributed by atoms with Crippen LogP contribution in [0.25, 0.3) is 0 Å². The first-order chi connectivity index (χ1) is 16.0. The monoisotopic (exact) mass is 439 g/mol. The summed E-state index contributed by atoms with van der Waals surface area (Å²) < 4.78 is 5.08. The second-order valence-corrected chi connectivity index (χ2v) is 8.88. The molecule has 7 rings (SSSR count). The van der Waals surface area contributed by atoms with Crippen molar-refractivity contribution in [1.82, 2.24) is 0 Å². The zero-order valence-corrected chi connectivity index (χ0v) is 17.9. The Morgan fingerprint density at radius 1 is 0.909 bits per heavy atom. The van der Waals surface area contributed by atoms with Gasteiger partial charge in [0.1, 0.15) is 5.75 Å². The van der Waals surface area contributed by atoms with E-state index in [1.807, 2.05) is 48.5 Å². The number of imide groups is 1. The number of aliphatic hydroxyl groups excluding tert-OH is 1. The van der Waals surface area contributed by atoms with E-state index < -0.39 is 23.2 Å². The molecule has 3 aromatic carbocycles. The number of esters is 1. The summed E-state index contributed by atoms with van der Waals surface area (Å²) >= 11 is 0. The Morgan fingerprint density at radius 3 is 2.03 bits per heavy atom. The maximum absolute atomic E-state index is 13.9. The molecule has 2 amide bonds. The molecule has 0 spiro atoms. The second kappa shape index (κ2) is 6.86. The first-order valence-electron chi connectivity index (χ1n) is 10.9. The van der Waals surface area contributed by atoms with Crippen molar-refractivity contribution < 1.29 is 24.2 Å². The van der Waals surface area contributed by atoms with Gasteiger partial charge in [-0.1, -0.05) is 48.5 Å². The fourth-order valence-electron chi connectivity index (χ4n) is 6.28. The van der Waals surface area contributed by atoms with E-state index in [9.17, 15) is 19.5 Å². The normalized spacial score (nSPS) is 26.6. The lowest BCUT2D eigenvalue weighted by Crippen LogP contribution is -2.55. The molecule has 164 valence electrons. The highest BCUT2D eigenvalue weighted by Gasteiger charge is 2.68. The van der Waals surface area contributed by atoms with Gasteiger partial charge >= 0.3 is 5.97 Å². The summed E-state index contributed by atoms with van der Waals surface area (Å²) in [6.07, 6.45) is 0. The molecule has 1 fully saturated rings. The number of benzene rings is 3. The van der Waals surface area contributed by atoms with Gasteiger partial charge in [-0.2, -0.15) is 0 Å². The standard InChI is InChI=1S/C27H21NO5/c1-15(30)33-17-12-10-16(11-13-17)28-25(31)23-22-18-6-2-4-8-20(18)27(14-29,24(23)26(28)32)21-9-5-3-7-19(21)22/h2-13,22-24,29H,14H2,1H3/t22?,23-,24-,27?/m0/s1. The van der Waals surface area contributed by atoms with Crippen LogP contribution in [0.15, 0.2) is 72.8 Å². The Kier molecular flexibility index (Phi) is 4.13. The molecule has 0 radical (unpaired) electrons. The molecule has 2 atom stereocenters. The van der Waals surface area contributed by atoms with Crippen molar-refractivity contribution in [3.05, 3.63) is 95.1 Å². The Hall–Kier alpha value is -3.77. The first-order valence-corrected chi connectivity index (χ1v) is 10.9. The lowest BCUT2D eigenvalue weighted by atomic mass is 9.47. The Balaban J connectivity index is 1.53. The van der Waals surface area contributed by atoms with Gasteiger partial charge in [-0.25, -0.2) is 4.90 Å². The van der Waals surface area contributed by atoms with E-state index in [4.69, 9.17) is 4.74 Å². The number of ether oxygens (including phenoxy) is 1. The highest BCUT2D eigenvalue weighted by molar-refractivity contribution is 6.23. The van der Waals surface area contributed by atoms with E-state index in [1.54, 1.807) is 24.3 Å². The van der Waals surface area contributed by atoms with Crippen molar-refractivity contribution in [2.24, 2.45) is 11.8 Å². The minimum Gasteiger partial charge on any atom is -0.427 e. The molecule has 0 unspecified atom stereocenters. The summed E-state index contributed by atoms with van der Waals surface area (Å²) in [6, 6.07) is 22.0. The van der Waals surface area contributed by atoms with Crippen LogP contribution in [0.4, 0.5) is 5.69 Å². The van der Waals surface area contributed by atoms with Crippen LogP contribution in [0.1, 0.15) is 35.1 Å². The zero-order valence-electron chi connectivity index (χ0n) is 17.9. The predicted molar refractivity (Wildman–Crippen MR) is 120 cm³/mol. The molecule has 2 bridgehead atoms. The van der Waals surface area contributed by atoms with Crippen molar-refractivity contribution in [1.29, 1.82) is 0 Å². The Labute approximate surface area is 190 Å². The number of hydrogen-bond donors (Lipinski definition) is 1. The average Bonchev–Trinajstić information content (AvgIpc) is 3.10. The largest absolute Gasteiger partial charge is 0.427 e. The van der Waals surface area contributed by atoms with Gasteiger partial charge in [0.25, 0.3) is 0 Å². The van der Waals surface area contributed by atoms with Crippen LogP contribution in [0.3, 0.4) is 0 Å². The summed E-state index contributed by atoms with van der Waals surface area (Å²) in [7, 11) is 0. The molecule has 1 aliphatic heterocycles. The smallest absolute Gasteiger partial charge is 0.308 e. The summed E-state index contributed by atoms with van der Waals surface area (Å²) in [6.45, 7) is 1.04. The fourth-order valence-corrected chi connectivity index (χ4v) is 6.28. The third kappa shape index (κ3) is 2.44. The van der Waals surface area contributed by atoms with Gasteiger partial charge in [0.2, 0.25) is 11.8 Å². The first kappa shape index (κ1) is 19.9. The Bertz CT molecular complexity index is 1280. The van der Waals surface area contributed by atoms with E-state index in [1.165, 1.54) is 11.8 Å². The van der Waals surface area contributed by atoms with Crippen LogP contribution in [0, 0.1) is 11.8 Å². The molecule has 6 nitrogen and oxygen atoms in total. The van der Waals surface area contributed by atoms with Crippen LogP contribution in [-0.2, 0) is 19.8 Å². The summed E-state index contributed by atoms with van der Waals surface area (Å²) in [5.41, 5.74) is 3.29. The van der Waals surface area contributed by atoms with E-state index in [-0.39, 0.29) is 24.3 Å². The molecule has 1 heterocycles. The summed E-state index contributed by atoms with van der Waals surface area (Å²) in [4.78, 5) is 40.2. The van der Waals surface area contributed by atoms with Gasteiger partial charge in [-0.15, -0.1) is 0 Å². The zero-order chi connectivity index (χ0) is 22.9. The van der Waals surface area contributed by atoms with Crippen molar-refractivity contribution in [2.75, 3.05) is 11.5 Å². The number of anilines is 1. The third-order valence-electron chi connectivity index (χ3n) is 7.40. The van der Waals surface area contributed by atoms with E-state index >= 15 is 0 Å². The van der Waals surface area contributed by atoms with Crippen molar-refractivity contribution in [3.63, 3.8) is 0 Å². The summed E-state index contributed by atoms with van der Waals surface area (Å²) in [5, 5.41) is 10.9. The molecule has 3 aliphatic carbocycles. The van der Waals surface area contributed by atoms with Gasteiger partial charge in [-0.3, -0.25) is 14.4 Å². The van der Waals surface area contributed by atoms with Gasteiger partial charge in [0, 0.05) is 12.8 Å². The maximum Gasteiger partial charge on any atom is 0.308 e. The fraction of sp³-hybridized carbons (Fsp3) is 0.222. The van der Waals surface area contributed by atoms with Gasteiger partial charge in [0.05, 0.1) is 29.5 Å². The number of amides is 2. The quantitative estimate of drug-likeness (QED) is 0.385. The number of hydrogen-bond acceptors (Lipinski definition) is 5. The molecule has 1 N–H and O–H groups in total. The number of rotatable bonds is 3. The molecule has 33 heavy (non-hydrogen) atoms. The Morgan fingerprint density at radius 2 is 1.48 bits per heavy atom. The predicted octanol–water partition coefficient (Wildman–Crippen LogP) is 3.16. The van der Waals surface area contributed by atoms with Crippen LogP contribution in [0.2, 0.25) is 0 Å². The van der Waals surface area contributed by atoms with Crippen molar-refractivity contribution >= 4 is 23.5 Å². The molecule has 0 aromatic heterocycles. The van der Waals surface area contributed by atoms with Gasteiger partial charge in [-0.05, 0) is 46.5 Å². The minimum atomic E-state index is -0.980. The van der Waals surface area contributed by atoms with Crippen molar-refractivity contribution in [3.8, 4) is 5.75 Å². The molecule has 4 aliphatic rings. The number of carbonyl (C=O) groups is 3. The number of aliphatic hydroxyl groups is 1. The lowest BCUT2D eigenvalue weighted by Gasteiger charge is -2.53. The molecule has 1 saturated heterocycles. The van der Waals surface area contributed by atoms with Crippen LogP contribution in [-0.4, -0.2) is 29.5 Å². The average molecular weight is 439 g/mol. The van der Waals surface area contributed by atoms with Gasteiger partial charge in [0.15, 0.2) is 0 Å². The van der Waals surface area contributed by atoms with E-state index in [0.717, 1.165) is 22.3 Å². The van der Waals surface area contributed by atoms with Crippen LogP contribution < -0.4 is 9.64 Å². The SMILES string of the molecule is CC(=O)Oc1ccc(N2C(=O)[C@@H]3[C@@H](C2=O)C2c4ccccc4C3(CO)c3ccccc32)cc1. The minimum absolute atomic E-state index is 0.252. The topological polar surface area (TPSA) is 83.9 Å². The van der Waals surface area contributed by atoms with Crippen LogP contribution >= 0.6 is 0 Å². The molecular weight excluding hydrogens is 418 g/mol. The van der Waals surface area contributed by atoms with Crippen molar-refractivity contribution in [2.45, 2.75) is 18.3 Å². The molecule has 0 saturated carbocycles. The number of nitrogens with zero attached hydrogens (tertiary/aromatic N) is 1. The second-order valence-electron chi connectivity index (χ2n) is 8.88. The highest BCUT2D eigenvalue weighted by atomic mass is 16.5. The third-order valence-corrected chi connectivity index (χ3v) is 7.40. The molecule has 6 heteroatoms. The number of carbonyl (C=O) groups excluding carboxylic acids is 3. The molecule has 3 aromatic rings. The maximum atomic E-state index is 13.9. The lowest BCUT2D eigenvalue weighted by molar-refractivity contribution is -0.132. The van der Waals surface area contributed by atoms with E-state index in [0.29, 0.717) is 11.4 Å². The molecular formula is C27H21NO5.